The minimum absolute atomic E-state index is 0.896. The summed E-state index contributed by atoms with van der Waals surface area (Å²) in [7, 11) is -3.17. The lowest BCUT2D eigenvalue weighted by Gasteiger charge is -2.17. The molecule has 0 saturated heterocycles. The van der Waals surface area contributed by atoms with Crippen LogP contribution < -0.4 is 10.4 Å². The molecular formula is C66H53N3OSi2. The molecule has 0 aliphatic rings. The third kappa shape index (κ3) is 6.63. The van der Waals surface area contributed by atoms with Crippen molar-refractivity contribution in [3.8, 4) is 39.3 Å². The smallest absolute Gasteiger partial charge is 0.135 e. The third-order valence-corrected chi connectivity index (χ3v) is 19.4. The average molecular weight is 960 g/mol. The van der Waals surface area contributed by atoms with Gasteiger partial charge in [0.25, 0.3) is 0 Å². The fourth-order valence-corrected chi connectivity index (χ4v) is 13.9. The molecule has 4 aromatic heterocycles. The average Bonchev–Trinajstić information content (AvgIpc) is 4.13. The standard InChI is InChI=1S/C66H53N3OSi2/c1-71(2,3)49-26-32-63-56(40-49)54-37-44(21-28-59(54)67(63)46-15-9-7-10-16-46)42-23-30-61-52(35-42)53-36-43(24-31-62(53)69(61)48-25-34-66-58(39-48)51-19-13-14-20-65(51)70-66)45-22-29-60-55(38-45)57-41-50(72(4,5)6)27-33-64(57)68(60)47-17-11-8-12-18-47/h7-41H,1-6H3. The summed E-state index contributed by atoms with van der Waals surface area (Å²) in [6.45, 7) is 14.6. The zero-order valence-electron chi connectivity index (χ0n) is 41.5. The molecule has 0 amide bonds. The van der Waals surface area contributed by atoms with Crippen molar-refractivity contribution in [2.75, 3.05) is 0 Å². The maximum Gasteiger partial charge on any atom is 0.135 e. The van der Waals surface area contributed by atoms with Crippen LogP contribution in [0.3, 0.4) is 0 Å². The van der Waals surface area contributed by atoms with Gasteiger partial charge in [0.15, 0.2) is 0 Å². The topological polar surface area (TPSA) is 27.9 Å². The van der Waals surface area contributed by atoms with Crippen LogP contribution in [0.4, 0.5) is 0 Å². The van der Waals surface area contributed by atoms with Gasteiger partial charge in [-0.3, -0.25) is 0 Å². The summed E-state index contributed by atoms with van der Waals surface area (Å²) in [4.78, 5) is 0. The number of fused-ring (bicyclic) bond motifs is 12. The van der Waals surface area contributed by atoms with Crippen LogP contribution in [-0.4, -0.2) is 29.8 Å². The van der Waals surface area contributed by atoms with E-state index in [1.54, 1.807) is 0 Å². The van der Waals surface area contributed by atoms with E-state index < -0.39 is 16.1 Å². The van der Waals surface area contributed by atoms with Crippen molar-refractivity contribution in [3.63, 3.8) is 0 Å². The molecule has 0 bridgehead atoms. The third-order valence-electron chi connectivity index (χ3n) is 15.3. The van der Waals surface area contributed by atoms with Crippen molar-refractivity contribution >= 4 is 114 Å². The van der Waals surface area contributed by atoms with Crippen LogP contribution in [0.25, 0.3) is 127 Å². The summed E-state index contributed by atoms with van der Waals surface area (Å²) in [5.74, 6) is 0. The van der Waals surface area contributed by atoms with Crippen LogP contribution in [0.5, 0.6) is 0 Å². The number of hydrogen-bond donors (Lipinski definition) is 0. The summed E-state index contributed by atoms with van der Waals surface area (Å²) < 4.78 is 13.6. The number of furan rings is 1. The van der Waals surface area contributed by atoms with Gasteiger partial charge in [-0.05, 0) is 131 Å². The van der Waals surface area contributed by atoms with Crippen molar-refractivity contribution in [1.82, 2.24) is 13.7 Å². The highest BCUT2D eigenvalue weighted by molar-refractivity contribution is 6.89. The minimum atomic E-state index is -1.59. The molecule has 0 aliphatic heterocycles. The number of rotatable bonds is 7. The largest absolute Gasteiger partial charge is 0.456 e. The van der Waals surface area contributed by atoms with E-state index in [1.807, 2.05) is 6.07 Å². The second kappa shape index (κ2) is 15.7. The Balaban J connectivity index is 0.990. The molecule has 72 heavy (non-hydrogen) atoms. The Hall–Kier alpha value is -8.17. The lowest BCUT2D eigenvalue weighted by molar-refractivity contribution is 0.669. The summed E-state index contributed by atoms with van der Waals surface area (Å²) >= 11 is 0. The molecular weight excluding hydrogens is 907 g/mol. The van der Waals surface area contributed by atoms with Crippen molar-refractivity contribution in [3.05, 3.63) is 212 Å². The predicted octanol–water partition coefficient (Wildman–Crippen LogP) is 17.3. The molecule has 346 valence electrons. The molecule has 0 fully saturated rings. The molecule has 6 heteroatoms. The van der Waals surface area contributed by atoms with Crippen LogP contribution in [0, 0.1) is 0 Å². The van der Waals surface area contributed by atoms with Crippen LogP contribution in [-0.2, 0) is 0 Å². The van der Waals surface area contributed by atoms with Crippen LogP contribution in [0.2, 0.25) is 39.3 Å². The molecule has 0 spiro atoms. The SMILES string of the molecule is C[Si](C)(C)c1ccc2c(c1)c1cc(-c3ccc4c(c3)c3cc(-c5ccc6c(c5)c5cc([Si](C)(C)C)ccc5n6-c5ccccc5)ccc3n4-c3ccc4oc5ccccc5c4c3)ccc1n2-c1ccccc1. The van der Waals surface area contributed by atoms with E-state index in [1.165, 1.54) is 109 Å². The molecule has 14 aromatic rings. The molecule has 0 radical (unpaired) electrons. The van der Waals surface area contributed by atoms with Gasteiger partial charge in [0.05, 0.1) is 49.2 Å². The Labute approximate surface area is 420 Å². The molecule has 4 nitrogen and oxygen atoms in total. The monoisotopic (exact) mass is 959 g/mol. The van der Waals surface area contributed by atoms with E-state index >= 15 is 0 Å². The molecule has 4 heterocycles. The van der Waals surface area contributed by atoms with Crippen LogP contribution >= 0.6 is 0 Å². The fraction of sp³-hybridized carbons (Fsp3) is 0.0909. The first-order valence-corrected chi connectivity index (χ1v) is 32.2. The molecule has 10 aromatic carbocycles. The lowest BCUT2D eigenvalue weighted by atomic mass is 9.98. The van der Waals surface area contributed by atoms with Gasteiger partial charge in [-0.15, -0.1) is 0 Å². The predicted molar refractivity (Wildman–Crippen MR) is 314 cm³/mol. The van der Waals surface area contributed by atoms with Gasteiger partial charge < -0.3 is 18.1 Å². The zero-order valence-corrected chi connectivity index (χ0v) is 43.5. The van der Waals surface area contributed by atoms with Gasteiger partial charge in [0, 0.05) is 60.2 Å². The fourth-order valence-electron chi connectivity index (χ4n) is 11.6. The Morgan fingerprint density at radius 3 is 1.03 bits per heavy atom. The molecule has 0 N–H and O–H groups in total. The van der Waals surface area contributed by atoms with E-state index in [-0.39, 0.29) is 0 Å². The number of nitrogens with zero attached hydrogens (tertiary/aromatic N) is 3. The Morgan fingerprint density at radius 1 is 0.264 bits per heavy atom. The summed E-state index contributed by atoms with van der Waals surface area (Å²) in [5, 5.41) is 12.8. The van der Waals surface area contributed by atoms with Gasteiger partial charge in [0.1, 0.15) is 11.2 Å². The number of hydrogen-bond acceptors (Lipinski definition) is 1. The second-order valence-corrected chi connectivity index (χ2v) is 32.0. The molecule has 0 unspecified atom stereocenters. The highest BCUT2D eigenvalue weighted by Gasteiger charge is 2.23. The molecule has 0 saturated carbocycles. The Morgan fingerprint density at radius 2 is 0.611 bits per heavy atom. The lowest BCUT2D eigenvalue weighted by Crippen LogP contribution is -2.37. The van der Waals surface area contributed by atoms with Crippen molar-refractivity contribution in [2.24, 2.45) is 0 Å². The minimum Gasteiger partial charge on any atom is -0.456 e. The second-order valence-electron chi connectivity index (χ2n) is 21.8. The van der Waals surface area contributed by atoms with Crippen molar-refractivity contribution in [1.29, 1.82) is 0 Å². The Kier molecular flexibility index (Phi) is 9.29. The first kappa shape index (κ1) is 42.7. The molecule has 0 atom stereocenters. The van der Waals surface area contributed by atoms with E-state index in [4.69, 9.17) is 4.42 Å². The first-order valence-electron chi connectivity index (χ1n) is 25.2. The van der Waals surface area contributed by atoms with Gasteiger partial charge in [-0.2, -0.15) is 0 Å². The number of aromatic nitrogens is 3. The van der Waals surface area contributed by atoms with Crippen LogP contribution in [0.15, 0.2) is 217 Å². The summed E-state index contributed by atoms with van der Waals surface area (Å²) in [6, 6.07) is 79.4. The van der Waals surface area contributed by atoms with E-state index in [0.717, 1.165) is 27.6 Å². The normalized spacial score (nSPS) is 12.6. The molecule has 0 aliphatic carbocycles. The maximum atomic E-state index is 6.33. The van der Waals surface area contributed by atoms with Crippen LogP contribution in [0.1, 0.15) is 0 Å². The summed E-state index contributed by atoms with van der Waals surface area (Å²) in [5.41, 5.74) is 17.3. The highest BCUT2D eigenvalue weighted by atomic mass is 28.3. The van der Waals surface area contributed by atoms with E-state index in [2.05, 4.69) is 259 Å². The summed E-state index contributed by atoms with van der Waals surface area (Å²) in [6.07, 6.45) is 0. The number of benzene rings is 10. The maximum absolute atomic E-state index is 6.33. The van der Waals surface area contributed by atoms with Gasteiger partial charge in [0.2, 0.25) is 0 Å². The van der Waals surface area contributed by atoms with Crippen molar-refractivity contribution in [2.45, 2.75) is 39.3 Å². The van der Waals surface area contributed by atoms with Crippen molar-refractivity contribution < 1.29 is 4.42 Å². The van der Waals surface area contributed by atoms with E-state index in [0.29, 0.717) is 0 Å². The first-order chi connectivity index (χ1) is 34.9. The Bertz CT molecular complexity index is 4290. The molecule has 14 rings (SSSR count). The zero-order chi connectivity index (χ0) is 48.6. The van der Waals surface area contributed by atoms with Gasteiger partial charge in [-0.1, -0.05) is 153 Å². The number of para-hydroxylation sites is 3. The van der Waals surface area contributed by atoms with E-state index in [9.17, 15) is 0 Å². The quantitative estimate of drug-likeness (QED) is 0.146. The van der Waals surface area contributed by atoms with Gasteiger partial charge in [-0.25, -0.2) is 0 Å². The van der Waals surface area contributed by atoms with Gasteiger partial charge >= 0.3 is 0 Å². The highest BCUT2D eigenvalue weighted by Crippen LogP contribution is 2.42.